The van der Waals surface area contributed by atoms with Crippen molar-refractivity contribution in [2.24, 2.45) is 5.92 Å². The Morgan fingerprint density at radius 1 is 1.23 bits per heavy atom. The van der Waals surface area contributed by atoms with Crippen molar-refractivity contribution in [3.63, 3.8) is 0 Å². The molecule has 1 fully saturated rings. The van der Waals surface area contributed by atoms with Gasteiger partial charge in [0.1, 0.15) is 0 Å². The van der Waals surface area contributed by atoms with Crippen LogP contribution in [0.3, 0.4) is 0 Å². The van der Waals surface area contributed by atoms with E-state index in [1.807, 2.05) is 29.9 Å². The van der Waals surface area contributed by atoms with E-state index < -0.39 is 0 Å². The fourth-order valence-corrected chi connectivity index (χ4v) is 6.27. The molecule has 1 unspecified atom stereocenters. The zero-order chi connectivity index (χ0) is 24.2. The van der Waals surface area contributed by atoms with Gasteiger partial charge in [-0.15, -0.1) is 11.3 Å². The molecular formula is C28H35N5OS. The molecule has 6 nitrogen and oxygen atoms in total. The minimum absolute atomic E-state index is 0.395. The second-order valence-electron chi connectivity index (χ2n) is 9.78. The Morgan fingerprint density at radius 3 is 2.86 bits per heavy atom. The second-order valence-corrected chi connectivity index (χ2v) is 10.8. The number of thiazole rings is 1. The van der Waals surface area contributed by atoms with E-state index in [2.05, 4.69) is 58.2 Å². The Hall–Kier alpha value is -2.77. The number of hydrogen-bond acceptors (Lipinski definition) is 6. The van der Waals surface area contributed by atoms with Gasteiger partial charge in [-0.2, -0.15) is 5.10 Å². The molecule has 0 amide bonds. The summed E-state index contributed by atoms with van der Waals surface area (Å²) < 4.78 is 6.54. The lowest BCUT2D eigenvalue weighted by Crippen LogP contribution is -2.34. The summed E-state index contributed by atoms with van der Waals surface area (Å²) in [4.78, 5) is 12.2. The minimum atomic E-state index is 0.395. The molecule has 0 bridgehead atoms. The molecule has 0 radical (unpaired) electrons. The van der Waals surface area contributed by atoms with Gasteiger partial charge in [-0.25, -0.2) is 4.98 Å². The number of nitrogens with zero attached hydrogens (tertiary/aromatic N) is 4. The van der Waals surface area contributed by atoms with Crippen molar-refractivity contribution >= 4 is 27.2 Å². The highest BCUT2D eigenvalue weighted by molar-refractivity contribution is 7.18. The van der Waals surface area contributed by atoms with Crippen molar-refractivity contribution in [2.45, 2.75) is 51.9 Å². The van der Waals surface area contributed by atoms with Crippen molar-refractivity contribution in [1.29, 1.82) is 0 Å². The summed E-state index contributed by atoms with van der Waals surface area (Å²) in [7, 11) is 1.80. The summed E-state index contributed by atoms with van der Waals surface area (Å²) >= 11 is 1.83. The van der Waals surface area contributed by atoms with Gasteiger partial charge in [-0.05, 0) is 74.3 Å². The predicted octanol–water partition coefficient (Wildman–Crippen LogP) is 6.38. The van der Waals surface area contributed by atoms with Gasteiger partial charge < -0.3 is 9.64 Å². The van der Waals surface area contributed by atoms with E-state index in [4.69, 9.17) is 9.72 Å². The quantitative estimate of drug-likeness (QED) is 0.295. The lowest BCUT2D eigenvalue weighted by molar-refractivity contribution is 0.170. The maximum absolute atomic E-state index is 5.26. The lowest BCUT2D eigenvalue weighted by Gasteiger charge is -2.33. The van der Waals surface area contributed by atoms with Crippen molar-refractivity contribution < 1.29 is 4.74 Å². The summed E-state index contributed by atoms with van der Waals surface area (Å²) in [6, 6.07) is 8.76. The smallest absolute Gasteiger partial charge is 0.0966 e. The predicted molar refractivity (Wildman–Crippen MR) is 144 cm³/mol. The molecule has 4 aromatic rings. The maximum Gasteiger partial charge on any atom is 0.0966 e. The maximum atomic E-state index is 5.26. The third-order valence-corrected chi connectivity index (χ3v) is 8.82. The molecule has 0 saturated carbocycles. The van der Waals surface area contributed by atoms with Crippen LogP contribution in [-0.4, -0.2) is 47.0 Å². The first-order chi connectivity index (χ1) is 17.1. The Kier molecular flexibility index (Phi) is 7.44. The number of anilines is 1. The fourth-order valence-electron chi connectivity index (χ4n) is 5.11. The van der Waals surface area contributed by atoms with Gasteiger partial charge in [0.2, 0.25) is 0 Å². The number of pyridine rings is 1. The molecule has 184 valence electrons. The molecule has 1 N–H and O–H groups in total. The Labute approximate surface area is 211 Å². The number of hydrogen-bond donors (Lipinski definition) is 1. The number of benzene rings is 1. The molecule has 7 heteroatoms. The van der Waals surface area contributed by atoms with Crippen LogP contribution < -0.4 is 4.90 Å². The van der Waals surface area contributed by atoms with E-state index in [1.165, 1.54) is 51.5 Å². The first kappa shape index (κ1) is 23.9. The molecule has 0 spiro atoms. The van der Waals surface area contributed by atoms with Crippen LogP contribution in [0.15, 0.2) is 42.9 Å². The van der Waals surface area contributed by atoms with E-state index in [1.54, 1.807) is 7.11 Å². The van der Waals surface area contributed by atoms with Gasteiger partial charge >= 0.3 is 0 Å². The molecule has 3 aromatic heterocycles. The van der Waals surface area contributed by atoms with Crippen molar-refractivity contribution in [3.05, 3.63) is 59.1 Å². The van der Waals surface area contributed by atoms with E-state index in [0.29, 0.717) is 5.92 Å². The Bertz CT molecular complexity index is 1240. The average molecular weight is 490 g/mol. The monoisotopic (exact) mass is 489 g/mol. The Balaban J connectivity index is 1.22. The van der Waals surface area contributed by atoms with E-state index in [9.17, 15) is 0 Å². The summed E-state index contributed by atoms with van der Waals surface area (Å²) in [5.74, 6) is 1.19. The summed E-state index contributed by atoms with van der Waals surface area (Å²) in [5, 5.41) is 8.23. The third-order valence-electron chi connectivity index (χ3n) is 7.40. The van der Waals surface area contributed by atoms with Crippen LogP contribution >= 0.6 is 11.3 Å². The van der Waals surface area contributed by atoms with Crippen LogP contribution in [0.1, 0.15) is 54.8 Å². The number of aryl methyl sites for hydroxylation is 2. The lowest BCUT2D eigenvalue weighted by atomic mass is 9.93. The fraction of sp³-hybridized carbons (Fsp3) is 0.464. The van der Waals surface area contributed by atoms with Crippen LogP contribution in [0.25, 0.3) is 21.3 Å². The molecule has 0 aliphatic carbocycles. The van der Waals surface area contributed by atoms with E-state index >= 15 is 0 Å². The van der Waals surface area contributed by atoms with E-state index in [-0.39, 0.29) is 0 Å². The van der Waals surface area contributed by atoms with Crippen LogP contribution in [0, 0.1) is 12.8 Å². The van der Waals surface area contributed by atoms with Crippen LogP contribution in [0.4, 0.5) is 5.69 Å². The zero-order valence-corrected chi connectivity index (χ0v) is 21.8. The minimum Gasteiger partial charge on any atom is -0.385 e. The first-order valence-corrected chi connectivity index (χ1v) is 13.5. The van der Waals surface area contributed by atoms with Gasteiger partial charge in [-0.3, -0.25) is 10.1 Å². The number of nitrogens with one attached hydrogen (secondary N) is 1. The molecule has 1 aliphatic rings. The van der Waals surface area contributed by atoms with Gasteiger partial charge in [0.25, 0.3) is 0 Å². The molecule has 35 heavy (non-hydrogen) atoms. The number of piperidine rings is 1. The van der Waals surface area contributed by atoms with Crippen molar-refractivity contribution in [1.82, 2.24) is 20.2 Å². The first-order valence-electron chi connectivity index (χ1n) is 12.7. The number of aromatic nitrogens is 4. The molecule has 5 rings (SSSR count). The molecule has 4 heterocycles. The standard InChI is InChI=1S/C28H35N5OS/c1-19(28-32-26-7-6-25(20(2)27(26)35-28)22-17-30-31-18-22)4-5-23-16-24(8-12-29-23)33-13-9-21(10-14-33)11-15-34-3/h6-8,12,16-19,21H,4-5,9-11,13-15H2,1-3H3,(H,30,31). The third kappa shape index (κ3) is 5.41. The van der Waals surface area contributed by atoms with Gasteiger partial charge in [0, 0.05) is 62.1 Å². The van der Waals surface area contributed by atoms with Crippen LogP contribution in [-0.2, 0) is 11.2 Å². The van der Waals surface area contributed by atoms with Crippen molar-refractivity contribution in [3.8, 4) is 11.1 Å². The number of ether oxygens (including phenoxy) is 1. The molecule has 1 aliphatic heterocycles. The van der Waals surface area contributed by atoms with Crippen LogP contribution in [0.2, 0.25) is 0 Å². The van der Waals surface area contributed by atoms with Gasteiger partial charge in [-0.1, -0.05) is 13.0 Å². The Morgan fingerprint density at radius 2 is 2.09 bits per heavy atom. The summed E-state index contributed by atoms with van der Waals surface area (Å²) in [6.07, 6.45) is 11.5. The molecule has 1 aromatic carbocycles. The second kappa shape index (κ2) is 10.9. The number of aromatic amines is 1. The normalized spacial score (nSPS) is 15.7. The number of rotatable bonds is 9. The highest BCUT2D eigenvalue weighted by Crippen LogP contribution is 2.36. The molecule has 1 atom stereocenters. The molecule has 1 saturated heterocycles. The summed E-state index contributed by atoms with van der Waals surface area (Å²) in [6.45, 7) is 7.61. The number of methoxy groups -OCH3 is 1. The van der Waals surface area contributed by atoms with Crippen LogP contribution in [0.5, 0.6) is 0 Å². The topological polar surface area (TPSA) is 66.9 Å². The highest BCUT2D eigenvalue weighted by Gasteiger charge is 2.20. The zero-order valence-electron chi connectivity index (χ0n) is 21.0. The number of fused-ring (bicyclic) bond motifs is 1. The molecular weight excluding hydrogens is 454 g/mol. The summed E-state index contributed by atoms with van der Waals surface area (Å²) in [5.41, 5.74) is 7.21. The highest BCUT2D eigenvalue weighted by atomic mass is 32.1. The average Bonchev–Trinajstić information content (AvgIpc) is 3.58. The van der Waals surface area contributed by atoms with Gasteiger partial charge in [0.15, 0.2) is 0 Å². The SMILES string of the molecule is COCCC1CCN(c2ccnc(CCC(C)c3nc4ccc(-c5cn[nH]c5)c(C)c4s3)c2)CC1. The largest absolute Gasteiger partial charge is 0.385 e. The number of H-pyrrole nitrogens is 1. The van der Waals surface area contributed by atoms with Crippen molar-refractivity contribution in [2.75, 3.05) is 31.7 Å². The van der Waals surface area contributed by atoms with E-state index in [0.717, 1.165) is 49.5 Å². The van der Waals surface area contributed by atoms with Gasteiger partial charge in [0.05, 0.1) is 21.4 Å².